The van der Waals surface area contributed by atoms with Crippen LogP contribution in [-0.2, 0) is 9.53 Å². The van der Waals surface area contributed by atoms with E-state index in [9.17, 15) is 9.59 Å². The fourth-order valence-electron chi connectivity index (χ4n) is 1.33. The van der Waals surface area contributed by atoms with E-state index in [2.05, 4.69) is 15.0 Å². The van der Waals surface area contributed by atoms with Crippen LogP contribution in [0.2, 0.25) is 0 Å². The number of nitrogens with zero attached hydrogens (tertiary/aromatic N) is 1. The van der Waals surface area contributed by atoms with Gasteiger partial charge in [-0.1, -0.05) is 0 Å². The molecule has 106 valence electrons. The van der Waals surface area contributed by atoms with Crippen molar-refractivity contribution in [1.29, 1.82) is 0 Å². The number of nitrogens with two attached hydrogens (primary N) is 2. The van der Waals surface area contributed by atoms with Gasteiger partial charge in [-0.05, 0) is 18.5 Å². The molecule has 0 saturated heterocycles. The van der Waals surface area contributed by atoms with Crippen LogP contribution in [0.25, 0.3) is 0 Å². The number of nitrogen functional groups attached to an aromatic ring is 1. The molecule has 0 bridgehead atoms. The Kier molecular flexibility index (Phi) is 5.52. The molecule has 6 N–H and O–H groups in total. The summed E-state index contributed by atoms with van der Waals surface area (Å²) in [6.07, 6.45) is 0. The maximum absolute atomic E-state index is 11.7. The fourth-order valence-corrected chi connectivity index (χ4v) is 2.14. The minimum absolute atomic E-state index is 0.0620. The van der Waals surface area contributed by atoms with Crippen molar-refractivity contribution in [1.82, 2.24) is 9.69 Å². The summed E-state index contributed by atoms with van der Waals surface area (Å²) in [7, 11) is 1.55. The average Bonchev–Trinajstić information content (AvgIpc) is 2.70. The number of ether oxygens (including phenoxy) is 1. The van der Waals surface area contributed by atoms with E-state index in [4.69, 9.17) is 16.2 Å². The smallest absolute Gasteiger partial charge is 0.255 e. The molecule has 0 aromatic carbocycles. The van der Waals surface area contributed by atoms with E-state index in [0.717, 1.165) is 11.5 Å². The minimum Gasteiger partial charge on any atom is -0.383 e. The Morgan fingerprint density at radius 2 is 2.21 bits per heavy atom. The Morgan fingerprint density at radius 1 is 1.53 bits per heavy atom. The Labute approximate surface area is 114 Å². The lowest BCUT2D eigenvalue weighted by molar-refractivity contribution is -0.121. The number of rotatable bonds is 7. The lowest BCUT2D eigenvalue weighted by Crippen LogP contribution is -2.39. The molecule has 0 radical (unpaired) electrons. The standard InChI is InChI=1S/C10H17N5O3S/c1-5(9(17)13-3-4-18-2)14-10-6(8(12)16)7(11)15-19-10/h5,14H,3-4H2,1-2H3,(H2,11,15)(H2,12,16)(H,13,17). The van der Waals surface area contributed by atoms with Crippen molar-refractivity contribution in [2.24, 2.45) is 5.73 Å². The van der Waals surface area contributed by atoms with E-state index in [-0.39, 0.29) is 17.3 Å². The maximum Gasteiger partial charge on any atom is 0.255 e. The van der Waals surface area contributed by atoms with Crippen molar-refractivity contribution in [2.75, 3.05) is 31.3 Å². The summed E-state index contributed by atoms with van der Waals surface area (Å²) in [5.74, 6) is -0.841. The van der Waals surface area contributed by atoms with Crippen molar-refractivity contribution in [2.45, 2.75) is 13.0 Å². The minimum atomic E-state index is -0.680. The molecule has 1 rings (SSSR count). The quantitative estimate of drug-likeness (QED) is 0.494. The molecular formula is C10H17N5O3S. The van der Waals surface area contributed by atoms with Crippen LogP contribution in [0, 0.1) is 0 Å². The van der Waals surface area contributed by atoms with Gasteiger partial charge in [-0.15, -0.1) is 0 Å². The van der Waals surface area contributed by atoms with Crippen LogP contribution in [0.5, 0.6) is 0 Å². The Hall–Kier alpha value is -1.87. The number of aromatic nitrogens is 1. The first-order chi connectivity index (χ1) is 8.97. The number of nitrogens with one attached hydrogen (secondary N) is 2. The highest BCUT2D eigenvalue weighted by Gasteiger charge is 2.20. The molecule has 1 aromatic heterocycles. The molecule has 9 heteroatoms. The van der Waals surface area contributed by atoms with Gasteiger partial charge in [0.05, 0.1) is 6.61 Å². The van der Waals surface area contributed by atoms with Gasteiger partial charge in [-0.3, -0.25) is 9.59 Å². The Morgan fingerprint density at radius 3 is 2.79 bits per heavy atom. The molecule has 1 heterocycles. The molecule has 1 atom stereocenters. The molecule has 0 fully saturated rings. The first kappa shape index (κ1) is 15.2. The first-order valence-corrected chi connectivity index (χ1v) is 6.32. The van der Waals surface area contributed by atoms with Gasteiger partial charge >= 0.3 is 0 Å². The van der Waals surface area contributed by atoms with E-state index in [1.165, 1.54) is 0 Å². The normalized spacial score (nSPS) is 11.9. The predicted molar refractivity (Wildman–Crippen MR) is 73.0 cm³/mol. The summed E-state index contributed by atoms with van der Waals surface area (Å²) < 4.78 is 8.65. The molecule has 0 spiro atoms. The van der Waals surface area contributed by atoms with Gasteiger partial charge in [0.15, 0.2) is 5.82 Å². The molecule has 0 aliphatic rings. The highest BCUT2D eigenvalue weighted by Crippen LogP contribution is 2.26. The van der Waals surface area contributed by atoms with Crippen molar-refractivity contribution in [3.8, 4) is 0 Å². The first-order valence-electron chi connectivity index (χ1n) is 5.55. The summed E-state index contributed by atoms with van der Waals surface area (Å²) in [4.78, 5) is 22.9. The second-order valence-electron chi connectivity index (χ2n) is 3.79. The molecule has 1 aromatic rings. The van der Waals surface area contributed by atoms with Crippen LogP contribution in [0.3, 0.4) is 0 Å². The number of primary amides is 1. The summed E-state index contributed by atoms with van der Waals surface area (Å²) in [5, 5.41) is 5.92. The third kappa shape index (κ3) is 4.07. The lowest BCUT2D eigenvalue weighted by Gasteiger charge is -2.14. The molecule has 19 heavy (non-hydrogen) atoms. The van der Waals surface area contributed by atoms with Crippen LogP contribution < -0.4 is 22.1 Å². The highest BCUT2D eigenvalue weighted by atomic mass is 32.1. The monoisotopic (exact) mass is 287 g/mol. The maximum atomic E-state index is 11.7. The predicted octanol–water partition coefficient (Wildman–Crippen LogP) is -0.613. The zero-order valence-electron chi connectivity index (χ0n) is 10.7. The summed E-state index contributed by atoms with van der Waals surface area (Å²) >= 11 is 0.987. The Balaban J connectivity index is 2.64. The summed E-state index contributed by atoms with van der Waals surface area (Å²) in [6, 6.07) is -0.546. The lowest BCUT2D eigenvalue weighted by atomic mass is 10.2. The number of carbonyl (C=O) groups excluding carboxylic acids is 2. The summed E-state index contributed by atoms with van der Waals surface area (Å²) in [6.45, 7) is 2.50. The van der Waals surface area contributed by atoms with Gasteiger partial charge < -0.3 is 26.8 Å². The van der Waals surface area contributed by atoms with Crippen molar-refractivity contribution in [3.05, 3.63) is 5.56 Å². The van der Waals surface area contributed by atoms with Gasteiger partial charge in [0.2, 0.25) is 5.91 Å². The SMILES string of the molecule is COCCNC(=O)C(C)Nc1snc(N)c1C(N)=O. The molecule has 0 aliphatic carbocycles. The number of hydrogen-bond donors (Lipinski definition) is 4. The van der Waals surface area contributed by atoms with Crippen molar-refractivity contribution < 1.29 is 14.3 Å². The molecule has 2 amide bonds. The third-order valence-electron chi connectivity index (χ3n) is 2.31. The molecule has 0 aliphatic heterocycles. The zero-order valence-corrected chi connectivity index (χ0v) is 11.5. The van der Waals surface area contributed by atoms with Crippen LogP contribution >= 0.6 is 11.5 Å². The van der Waals surface area contributed by atoms with Crippen LogP contribution in [0.15, 0.2) is 0 Å². The van der Waals surface area contributed by atoms with Crippen molar-refractivity contribution in [3.63, 3.8) is 0 Å². The van der Waals surface area contributed by atoms with E-state index in [1.807, 2.05) is 0 Å². The second kappa shape index (κ2) is 6.90. The van der Waals surface area contributed by atoms with Crippen LogP contribution in [0.1, 0.15) is 17.3 Å². The van der Waals surface area contributed by atoms with Gasteiger partial charge in [0.1, 0.15) is 16.6 Å². The highest BCUT2D eigenvalue weighted by molar-refractivity contribution is 7.11. The van der Waals surface area contributed by atoms with Crippen LogP contribution in [0.4, 0.5) is 10.8 Å². The number of methoxy groups -OCH3 is 1. The number of anilines is 2. The van der Waals surface area contributed by atoms with Gasteiger partial charge in [-0.2, -0.15) is 4.37 Å². The molecule has 0 saturated carbocycles. The largest absolute Gasteiger partial charge is 0.383 e. The van der Waals surface area contributed by atoms with Gasteiger partial charge in [-0.25, -0.2) is 0 Å². The van der Waals surface area contributed by atoms with E-state index in [1.54, 1.807) is 14.0 Å². The van der Waals surface area contributed by atoms with Gasteiger partial charge in [0, 0.05) is 13.7 Å². The van der Waals surface area contributed by atoms with Gasteiger partial charge in [0.25, 0.3) is 5.91 Å². The van der Waals surface area contributed by atoms with Crippen molar-refractivity contribution >= 4 is 34.2 Å². The molecule has 1 unspecified atom stereocenters. The molecule has 8 nitrogen and oxygen atoms in total. The topological polar surface area (TPSA) is 132 Å². The van der Waals surface area contributed by atoms with E-state index in [0.29, 0.717) is 18.2 Å². The van der Waals surface area contributed by atoms with E-state index < -0.39 is 11.9 Å². The molecular weight excluding hydrogens is 270 g/mol. The third-order valence-corrected chi connectivity index (χ3v) is 3.10. The fraction of sp³-hybridized carbons (Fsp3) is 0.500. The number of amides is 2. The van der Waals surface area contributed by atoms with E-state index >= 15 is 0 Å². The summed E-state index contributed by atoms with van der Waals surface area (Å²) in [5.41, 5.74) is 10.8. The number of hydrogen-bond acceptors (Lipinski definition) is 7. The van der Waals surface area contributed by atoms with Crippen LogP contribution in [-0.4, -0.2) is 42.5 Å². The zero-order chi connectivity index (χ0) is 14.4. The number of carbonyl (C=O) groups is 2. The average molecular weight is 287 g/mol. The second-order valence-corrected chi connectivity index (χ2v) is 4.56. The Bertz CT molecular complexity index is 462.